The number of nitrogens with zero attached hydrogens (tertiary/aromatic N) is 1. The Hall–Kier alpha value is -2.95. The van der Waals surface area contributed by atoms with Gasteiger partial charge in [0.1, 0.15) is 0 Å². The number of carbonyl (C=O) groups is 1. The highest BCUT2D eigenvalue weighted by Gasteiger charge is 2.15. The number of aromatic amines is 1. The number of rotatable bonds is 5. The molecular weight excluding hydrogens is 545 g/mol. The molecule has 1 aliphatic rings. The summed E-state index contributed by atoms with van der Waals surface area (Å²) in [6.45, 7) is 7.63. The second-order valence-corrected chi connectivity index (χ2v) is 9.04. The van der Waals surface area contributed by atoms with E-state index in [0.717, 1.165) is 34.5 Å². The third kappa shape index (κ3) is 7.28. The molecule has 9 heteroatoms. The minimum Gasteiger partial charge on any atom is -0.490 e. The van der Waals surface area contributed by atoms with Crippen LogP contribution in [0.2, 0.25) is 0 Å². The Balaban J connectivity index is 0.00000324. The summed E-state index contributed by atoms with van der Waals surface area (Å²) < 4.78 is 11.5. The van der Waals surface area contributed by atoms with Gasteiger partial charge in [-0.3, -0.25) is 4.79 Å². The summed E-state index contributed by atoms with van der Waals surface area (Å²) in [4.78, 5) is 20.4. The molecule has 2 heterocycles. The molecule has 4 N–H and O–H groups in total. The van der Waals surface area contributed by atoms with Gasteiger partial charge < -0.3 is 30.4 Å². The van der Waals surface area contributed by atoms with Gasteiger partial charge >= 0.3 is 0 Å². The van der Waals surface area contributed by atoms with Gasteiger partial charge in [-0.15, -0.1) is 24.0 Å². The van der Waals surface area contributed by atoms with Crippen molar-refractivity contribution in [2.75, 3.05) is 25.1 Å². The van der Waals surface area contributed by atoms with Crippen LogP contribution in [0.15, 0.2) is 53.5 Å². The predicted molar refractivity (Wildman–Crippen MR) is 146 cm³/mol. The Labute approximate surface area is 216 Å². The molecule has 0 atom stereocenters. The van der Waals surface area contributed by atoms with Crippen LogP contribution < -0.4 is 25.4 Å². The fourth-order valence-corrected chi connectivity index (χ4v) is 3.53. The molecule has 0 unspecified atom stereocenters. The molecule has 1 aliphatic heterocycles. The van der Waals surface area contributed by atoms with E-state index in [2.05, 4.69) is 33.1 Å². The lowest BCUT2D eigenvalue weighted by Gasteiger charge is -2.21. The largest absolute Gasteiger partial charge is 0.490 e. The summed E-state index contributed by atoms with van der Waals surface area (Å²) >= 11 is 0. The molecule has 0 saturated heterocycles. The van der Waals surface area contributed by atoms with Crippen LogP contribution in [-0.2, 0) is 11.3 Å². The van der Waals surface area contributed by atoms with E-state index in [4.69, 9.17) is 14.5 Å². The van der Waals surface area contributed by atoms with E-state index in [1.54, 1.807) is 0 Å². The second-order valence-electron chi connectivity index (χ2n) is 9.04. The van der Waals surface area contributed by atoms with E-state index in [1.807, 2.05) is 57.2 Å². The maximum absolute atomic E-state index is 12.3. The van der Waals surface area contributed by atoms with Crippen molar-refractivity contribution in [2.24, 2.45) is 4.99 Å². The van der Waals surface area contributed by atoms with Gasteiger partial charge in [0.05, 0.1) is 26.3 Å². The van der Waals surface area contributed by atoms with Crippen molar-refractivity contribution in [1.82, 2.24) is 15.6 Å². The van der Waals surface area contributed by atoms with E-state index < -0.39 is 0 Å². The average Bonchev–Trinajstić information content (AvgIpc) is 3.04. The van der Waals surface area contributed by atoms with Crippen LogP contribution in [0.3, 0.4) is 0 Å². The highest BCUT2D eigenvalue weighted by molar-refractivity contribution is 14.0. The standard InChI is InChI=1S/C25H31N5O3.HI/c1-25(2,3)30-23(31)16-27-24(26-15-19-13-17-7-4-5-8-20(17)28-19)29-18-9-10-21-22(14-18)33-12-6-11-32-21;/h4-5,7-10,13-14,28H,6,11-12,15-16H2,1-3H3,(H,30,31)(H2,26,27,29);1H. The summed E-state index contributed by atoms with van der Waals surface area (Å²) in [5.74, 6) is 1.80. The number of ether oxygens (including phenoxy) is 2. The smallest absolute Gasteiger partial charge is 0.239 e. The first kappa shape index (κ1) is 25.7. The zero-order chi connectivity index (χ0) is 23.3. The molecule has 0 radical (unpaired) electrons. The number of guanidine groups is 1. The number of anilines is 1. The number of hydrogen-bond donors (Lipinski definition) is 4. The fraction of sp³-hybridized carbons (Fsp3) is 0.360. The Morgan fingerprint density at radius 1 is 1.06 bits per heavy atom. The SMILES string of the molecule is CC(C)(C)NC(=O)CNC(=NCc1cc2ccccc2[nH]1)Nc1ccc2c(c1)OCCCO2.I. The van der Waals surface area contributed by atoms with Crippen molar-refractivity contribution < 1.29 is 14.3 Å². The number of benzene rings is 2. The number of aliphatic imine (C=N–C) groups is 1. The molecule has 3 aromatic rings. The highest BCUT2D eigenvalue weighted by Crippen LogP contribution is 2.32. The van der Waals surface area contributed by atoms with Crippen LogP contribution >= 0.6 is 24.0 Å². The van der Waals surface area contributed by atoms with Crippen molar-refractivity contribution >= 4 is 52.4 Å². The molecule has 0 fully saturated rings. The molecule has 1 aromatic heterocycles. The Bertz CT molecular complexity index is 1120. The summed E-state index contributed by atoms with van der Waals surface area (Å²) in [6.07, 6.45) is 0.846. The van der Waals surface area contributed by atoms with Crippen LogP contribution in [0.25, 0.3) is 10.9 Å². The predicted octanol–water partition coefficient (Wildman–Crippen LogP) is 4.42. The molecule has 34 heavy (non-hydrogen) atoms. The Kier molecular flexibility index (Phi) is 8.65. The molecule has 0 aliphatic carbocycles. The number of halogens is 1. The van der Waals surface area contributed by atoms with E-state index in [9.17, 15) is 4.79 Å². The second kappa shape index (κ2) is 11.5. The van der Waals surface area contributed by atoms with E-state index in [0.29, 0.717) is 31.5 Å². The van der Waals surface area contributed by atoms with Crippen molar-refractivity contribution in [3.63, 3.8) is 0 Å². The number of fused-ring (bicyclic) bond motifs is 2. The zero-order valence-electron chi connectivity index (χ0n) is 19.7. The van der Waals surface area contributed by atoms with Gasteiger partial charge in [-0.25, -0.2) is 4.99 Å². The Morgan fingerprint density at radius 2 is 1.82 bits per heavy atom. The first-order chi connectivity index (χ1) is 15.9. The maximum Gasteiger partial charge on any atom is 0.239 e. The number of nitrogens with one attached hydrogen (secondary N) is 4. The first-order valence-corrected chi connectivity index (χ1v) is 11.2. The molecule has 182 valence electrons. The lowest BCUT2D eigenvalue weighted by atomic mass is 10.1. The molecule has 0 saturated carbocycles. The fourth-order valence-electron chi connectivity index (χ4n) is 3.53. The number of aromatic nitrogens is 1. The highest BCUT2D eigenvalue weighted by atomic mass is 127. The number of para-hydroxylation sites is 1. The molecule has 0 spiro atoms. The van der Waals surface area contributed by atoms with Crippen molar-refractivity contribution in [2.45, 2.75) is 39.3 Å². The number of carbonyl (C=O) groups excluding carboxylic acids is 1. The third-order valence-corrected chi connectivity index (χ3v) is 4.93. The first-order valence-electron chi connectivity index (χ1n) is 11.2. The van der Waals surface area contributed by atoms with Crippen molar-refractivity contribution in [3.8, 4) is 11.5 Å². The van der Waals surface area contributed by atoms with Crippen molar-refractivity contribution in [3.05, 3.63) is 54.2 Å². The summed E-state index contributed by atoms with van der Waals surface area (Å²) in [6, 6.07) is 15.9. The molecule has 2 aromatic carbocycles. The van der Waals surface area contributed by atoms with E-state index in [1.165, 1.54) is 0 Å². The summed E-state index contributed by atoms with van der Waals surface area (Å²) in [5.41, 5.74) is 2.54. The molecular formula is C25H32IN5O3. The molecule has 0 bridgehead atoms. The lowest BCUT2D eigenvalue weighted by Crippen LogP contribution is -2.46. The van der Waals surface area contributed by atoms with Crippen molar-refractivity contribution in [1.29, 1.82) is 0 Å². The molecule has 8 nitrogen and oxygen atoms in total. The normalized spacial score (nSPS) is 13.6. The van der Waals surface area contributed by atoms with Gasteiger partial charge in [-0.05, 0) is 50.4 Å². The lowest BCUT2D eigenvalue weighted by molar-refractivity contribution is -0.121. The summed E-state index contributed by atoms with van der Waals surface area (Å²) in [7, 11) is 0. The number of amides is 1. The zero-order valence-corrected chi connectivity index (χ0v) is 22.1. The minimum absolute atomic E-state index is 0. The Morgan fingerprint density at radius 3 is 2.59 bits per heavy atom. The van der Waals surface area contributed by atoms with Gasteiger partial charge in [0, 0.05) is 34.9 Å². The van der Waals surface area contributed by atoms with Crippen LogP contribution in [-0.4, -0.2) is 42.1 Å². The maximum atomic E-state index is 12.3. The van der Waals surface area contributed by atoms with Gasteiger partial charge in [-0.2, -0.15) is 0 Å². The van der Waals surface area contributed by atoms with Crippen LogP contribution in [0, 0.1) is 0 Å². The average molecular weight is 577 g/mol. The monoisotopic (exact) mass is 577 g/mol. The third-order valence-electron chi connectivity index (χ3n) is 4.93. The number of H-pyrrole nitrogens is 1. The summed E-state index contributed by atoms with van der Waals surface area (Å²) in [5, 5.41) is 10.5. The minimum atomic E-state index is -0.303. The van der Waals surface area contributed by atoms with E-state index >= 15 is 0 Å². The number of hydrogen-bond acceptors (Lipinski definition) is 4. The topological polar surface area (TPSA) is 99.8 Å². The molecule has 4 rings (SSSR count). The van der Waals surface area contributed by atoms with Gasteiger partial charge in [0.25, 0.3) is 0 Å². The van der Waals surface area contributed by atoms with Gasteiger partial charge in [0.15, 0.2) is 17.5 Å². The van der Waals surface area contributed by atoms with Gasteiger partial charge in [0.2, 0.25) is 5.91 Å². The van der Waals surface area contributed by atoms with Crippen LogP contribution in [0.4, 0.5) is 5.69 Å². The quantitative estimate of drug-likeness (QED) is 0.205. The van der Waals surface area contributed by atoms with Crippen LogP contribution in [0.5, 0.6) is 11.5 Å². The van der Waals surface area contributed by atoms with Gasteiger partial charge in [-0.1, -0.05) is 18.2 Å². The van der Waals surface area contributed by atoms with Crippen LogP contribution in [0.1, 0.15) is 32.9 Å². The molecule has 1 amide bonds. The van der Waals surface area contributed by atoms with E-state index in [-0.39, 0.29) is 42.0 Å².